The highest BCUT2D eigenvalue weighted by atomic mass is 15.1. The van der Waals surface area contributed by atoms with Gasteiger partial charge in [-0.1, -0.05) is 35.4 Å². The van der Waals surface area contributed by atoms with E-state index in [9.17, 15) is 0 Å². The summed E-state index contributed by atoms with van der Waals surface area (Å²) in [5.41, 5.74) is 4.69. The average molecular weight is 225 g/mol. The first-order valence-electron chi connectivity index (χ1n) is 5.72. The third-order valence-electron chi connectivity index (χ3n) is 2.58. The summed E-state index contributed by atoms with van der Waals surface area (Å²) in [6, 6.07) is 16.6. The first kappa shape index (κ1) is 11.5. The topological polar surface area (TPSA) is 24.1 Å². The first-order valence-corrected chi connectivity index (χ1v) is 5.72. The average Bonchev–Trinajstić information content (AvgIpc) is 2.34. The smallest absolute Gasteiger partial charge is 0.00611 e. The van der Waals surface area contributed by atoms with E-state index in [1.807, 2.05) is 6.67 Å². The standard InChI is InChI=1S/C15H17N2/c1-12-3-7-14(8-4-12)16-11-17-15-9-5-13(2)6-10-15/h3-11,16-17H,1-2H3/q-1. The van der Waals surface area contributed by atoms with Gasteiger partial charge >= 0.3 is 0 Å². The van der Waals surface area contributed by atoms with Gasteiger partial charge in [0.1, 0.15) is 0 Å². The van der Waals surface area contributed by atoms with E-state index in [0.29, 0.717) is 0 Å². The highest BCUT2D eigenvalue weighted by Crippen LogP contribution is 2.11. The van der Waals surface area contributed by atoms with Crippen molar-refractivity contribution in [2.24, 2.45) is 0 Å². The Morgan fingerprint density at radius 2 is 1.00 bits per heavy atom. The van der Waals surface area contributed by atoms with Gasteiger partial charge < -0.3 is 10.6 Å². The molecule has 0 aromatic heterocycles. The molecule has 0 saturated carbocycles. The van der Waals surface area contributed by atoms with Crippen molar-refractivity contribution in [1.29, 1.82) is 0 Å². The lowest BCUT2D eigenvalue weighted by Gasteiger charge is -2.20. The van der Waals surface area contributed by atoms with E-state index in [0.717, 1.165) is 11.4 Å². The maximum Gasteiger partial charge on any atom is 0.00611 e. The van der Waals surface area contributed by atoms with Crippen LogP contribution >= 0.6 is 0 Å². The molecule has 17 heavy (non-hydrogen) atoms. The summed E-state index contributed by atoms with van der Waals surface area (Å²) in [4.78, 5) is 0. The fourth-order valence-electron chi connectivity index (χ4n) is 1.50. The van der Waals surface area contributed by atoms with Crippen molar-refractivity contribution in [2.45, 2.75) is 13.8 Å². The molecule has 0 radical (unpaired) electrons. The Bertz CT molecular complexity index is 412. The Kier molecular flexibility index (Phi) is 3.66. The van der Waals surface area contributed by atoms with Crippen molar-refractivity contribution < 1.29 is 0 Å². The number of rotatable bonds is 4. The molecule has 88 valence electrons. The van der Waals surface area contributed by atoms with Crippen LogP contribution in [0.5, 0.6) is 0 Å². The van der Waals surface area contributed by atoms with Gasteiger partial charge in [0.2, 0.25) is 0 Å². The number of benzene rings is 2. The van der Waals surface area contributed by atoms with Gasteiger partial charge in [-0.05, 0) is 38.1 Å². The highest BCUT2D eigenvalue weighted by molar-refractivity contribution is 5.51. The van der Waals surface area contributed by atoms with Crippen LogP contribution < -0.4 is 10.6 Å². The molecule has 0 aliphatic heterocycles. The van der Waals surface area contributed by atoms with Crippen LogP contribution in [0.1, 0.15) is 11.1 Å². The van der Waals surface area contributed by atoms with E-state index in [1.165, 1.54) is 11.1 Å². The monoisotopic (exact) mass is 225 g/mol. The molecule has 2 heteroatoms. The molecular weight excluding hydrogens is 208 g/mol. The van der Waals surface area contributed by atoms with Gasteiger partial charge in [0.05, 0.1) is 0 Å². The minimum Gasteiger partial charge on any atom is -0.516 e. The minimum absolute atomic E-state index is 1.08. The second kappa shape index (κ2) is 5.39. The molecule has 0 unspecified atom stereocenters. The predicted octanol–water partition coefficient (Wildman–Crippen LogP) is 3.95. The van der Waals surface area contributed by atoms with Crippen LogP contribution in [0.4, 0.5) is 11.4 Å². The Hall–Kier alpha value is -1.96. The summed E-state index contributed by atoms with van der Waals surface area (Å²) in [5.74, 6) is 0. The quantitative estimate of drug-likeness (QED) is 0.770. The molecular formula is C15H17N2-. The van der Waals surface area contributed by atoms with E-state index < -0.39 is 0 Å². The summed E-state index contributed by atoms with van der Waals surface area (Å²) in [5, 5.41) is 6.40. The molecule has 0 saturated heterocycles. The third kappa shape index (κ3) is 3.52. The van der Waals surface area contributed by atoms with E-state index >= 15 is 0 Å². The largest absolute Gasteiger partial charge is 0.516 e. The Morgan fingerprint density at radius 1 is 0.647 bits per heavy atom. The van der Waals surface area contributed by atoms with Gasteiger partial charge in [-0.15, -0.1) is 0 Å². The van der Waals surface area contributed by atoms with Gasteiger partial charge in [-0.3, -0.25) is 0 Å². The maximum absolute atomic E-state index is 3.20. The van der Waals surface area contributed by atoms with Crippen molar-refractivity contribution in [3.63, 3.8) is 0 Å². The highest BCUT2D eigenvalue weighted by Gasteiger charge is 1.87. The molecule has 2 aromatic rings. The van der Waals surface area contributed by atoms with Gasteiger partial charge in [0.25, 0.3) is 0 Å². The molecule has 0 amide bonds. The summed E-state index contributed by atoms with van der Waals surface area (Å²) in [6.07, 6.45) is 0. The number of aryl methyl sites for hydroxylation is 2. The van der Waals surface area contributed by atoms with Gasteiger partial charge in [0, 0.05) is 11.4 Å². The van der Waals surface area contributed by atoms with Crippen LogP contribution in [0.25, 0.3) is 0 Å². The lowest BCUT2D eigenvalue weighted by molar-refractivity contribution is 1.35. The number of hydrogen-bond acceptors (Lipinski definition) is 2. The molecule has 0 spiro atoms. The molecule has 2 N–H and O–H groups in total. The van der Waals surface area contributed by atoms with Gasteiger partial charge in [0.15, 0.2) is 0 Å². The van der Waals surface area contributed by atoms with E-state index in [1.54, 1.807) is 0 Å². The van der Waals surface area contributed by atoms with Gasteiger partial charge in [-0.2, -0.15) is 6.67 Å². The van der Waals surface area contributed by atoms with E-state index in [2.05, 4.69) is 73.0 Å². The van der Waals surface area contributed by atoms with Crippen molar-refractivity contribution in [2.75, 3.05) is 10.6 Å². The number of nitrogens with one attached hydrogen (secondary N) is 2. The summed E-state index contributed by atoms with van der Waals surface area (Å²) in [6.45, 7) is 6.01. The van der Waals surface area contributed by atoms with Crippen LogP contribution in [0, 0.1) is 20.5 Å². The van der Waals surface area contributed by atoms with Crippen molar-refractivity contribution in [1.82, 2.24) is 0 Å². The molecule has 2 aromatic carbocycles. The Balaban J connectivity index is 1.83. The van der Waals surface area contributed by atoms with E-state index in [4.69, 9.17) is 0 Å². The molecule has 0 aliphatic rings. The molecule has 0 heterocycles. The summed E-state index contributed by atoms with van der Waals surface area (Å²) < 4.78 is 0. The fourth-order valence-corrected chi connectivity index (χ4v) is 1.50. The Labute approximate surface area is 103 Å². The summed E-state index contributed by atoms with van der Waals surface area (Å²) >= 11 is 0. The zero-order chi connectivity index (χ0) is 12.1. The van der Waals surface area contributed by atoms with Gasteiger partial charge in [-0.25, -0.2) is 0 Å². The van der Waals surface area contributed by atoms with E-state index in [-0.39, 0.29) is 0 Å². The number of hydrogen-bond donors (Lipinski definition) is 2. The van der Waals surface area contributed by atoms with Crippen LogP contribution in [-0.2, 0) is 0 Å². The van der Waals surface area contributed by atoms with Crippen molar-refractivity contribution >= 4 is 11.4 Å². The predicted molar refractivity (Wildman–Crippen MR) is 73.9 cm³/mol. The number of anilines is 2. The molecule has 2 rings (SSSR count). The zero-order valence-corrected chi connectivity index (χ0v) is 10.2. The van der Waals surface area contributed by atoms with Crippen LogP contribution in [-0.4, -0.2) is 0 Å². The SMILES string of the molecule is Cc1ccc(N[CH-]Nc2ccc(C)cc2)cc1. The first-order chi connectivity index (χ1) is 8.24. The molecule has 0 aliphatic carbocycles. The Morgan fingerprint density at radius 3 is 1.35 bits per heavy atom. The van der Waals surface area contributed by atoms with Crippen LogP contribution in [0.2, 0.25) is 0 Å². The normalized spacial score (nSPS) is 10.0. The lowest BCUT2D eigenvalue weighted by Crippen LogP contribution is -2.04. The van der Waals surface area contributed by atoms with Crippen LogP contribution in [0.3, 0.4) is 0 Å². The minimum atomic E-state index is 1.08. The molecule has 0 bridgehead atoms. The van der Waals surface area contributed by atoms with Crippen molar-refractivity contribution in [3.8, 4) is 0 Å². The lowest BCUT2D eigenvalue weighted by atomic mass is 10.2. The fraction of sp³-hybridized carbons (Fsp3) is 0.133. The third-order valence-corrected chi connectivity index (χ3v) is 2.58. The summed E-state index contributed by atoms with van der Waals surface area (Å²) in [7, 11) is 0. The zero-order valence-electron chi connectivity index (χ0n) is 10.2. The molecule has 0 fully saturated rings. The maximum atomic E-state index is 3.20. The second-order valence-electron chi connectivity index (χ2n) is 4.17. The molecule has 2 nitrogen and oxygen atoms in total. The van der Waals surface area contributed by atoms with Crippen molar-refractivity contribution in [3.05, 3.63) is 66.3 Å². The van der Waals surface area contributed by atoms with Crippen LogP contribution in [0.15, 0.2) is 48.5 Å². The second-order valence-corrected chi connectivity index (χ2v) is 4.17. The molecule has 0 atom stereocenters.